The minimum Gasteiger partial charge on any atom is -0.445 e. The Hall–Kier alpha value is -3.61. The van der Waals surface area contributed by atoms with Gasteiger partial charge in [-0.3, -0.25) is 4.79 Å². The van der Waals surface area contributed by atoms with Crippen LogP contribution in [0.15, 0.2) is 71.3 Å². The second kappa shape index (κ2) is 9.68. The van der Waals surface area contributed by atoms with Gasteiger partial charge in [-0.05, 0) is 30.9 Å². The predicted octanol–water partition coefficient (Wildman–Crippen LogP) is 4.68. The molecule has 1 aromatic heterocycles. The van der Waals surface area contributed by atoms with Gasteiger partial charge in [0.25, 0.3) is 0 Å². The van der Waals surface area contributed by atoms with Crippen LogP contribution in [0, 0.1) is 6.92 Å². The van der Waals surface area contributed by atoms with Gasteiger partial charge in [-0.15, -0.1) is 0 Å². The predicted molar refractivity (Wildman–Crippen MR) is 120 cm³/mol. The number of nitrogens with zero attached hydrogens (tertiary/aromatic N) is 2. The van der Waals surface area contributed by atoms with Gasteiger partial charge in [-0.2, -0.15) is 0 Å². The lowest BCUT2D eigenvalue weighted by molar-refractivity contribution is -0.117. The number of aromatic nitrogens is 1. The molecule has 1 aliphatic heterocycles. The van der Waals surface area contributed by atoms with Crippen LogP contribution >= 0.6 is 0 Å². The first-order valence-electron chi connectivity index (χ1n) is 10.8. The van der Waals surface area contributed by atoms with E-state index in [4.69, 9.17) is 9.26 Å². The summed E-state index contributed by atoms with van der Waals surface area (Å²) >= 11 is 0. The Morgan fingerprint density at radius 1 is 1.06 bits per heavy atom. The Bertz CT molecular complexity index is 1040. The number of amides is 2. The van der Waals surface area contributed by atoms with Crippen LogP contribution < -0.4 is 5.32 Å². The lowest BCUT2D eigenvalue weighted by Gasteiger charge is -2.41. The van der Waals surface area contributed by atoms with E-state index in [-0.39, 0.29) is 24.0 Å². The van der Waals surface area contributed by atoms with Gasteiger partial charge >= 0.3 is 6.09 Å². The fraction of sp³-hybridized carbons (Fsp3) is 0.320. The number of benzene rings is 2. The minimum atomic E-state index is -0.361. The van der Waals surface area contributed by atoms with E-state index in [1.54, 1.807) is 17.9 Å². The first-order valence-corrected chi connectivity index (χ1v) is 10.8. The Labute approximate surface area is 187 Å². The molecule has 0 radical (unpaired) electrons. The molecule has 1 saturated heterocycles. The van der Waals surface area contributed by atoms with Crippen LogP contribution in [0.2, 0.25) is 0 Å². The lowest BCUT2D eigenvalue weighted by Crippen LogP contribution is -2.46. The maximum absolute atomic E-state index is 12.8. The molecule has 3 aromatic rings. The van der Waals surface area contributed by atoms with Crippen molar-refractivity contribution < 1.29 is 18.8 Å². The molecule has 0 unspecified atom stereocenters. The first-order chi connectivity index (χ1) is 15.5. The van der Waals surface area contributed by atoms with E-state index < -0.39 is 0 Å². The highest BCUT2D eigenvalue weighted by Gasteiger charge is 2.39. The van der Waals surface area contributed by atoms with E-state index in [1.807, 2.05) is 48.5 Å². The highest BCUT2D eigenvalue weighted by atomic mass is 16.6. The number of hydrogen-bond acceptors (Lipinski definition) is 5. The number of aryl methyl sites for hydroxylation is 1. The van der Waals surface area contributed by atoms with Crippen molar-refractivity contribution in [3.8, 4) is 0 Å². The monoisotopic (exact) mass is 433 g/mol. The molecule has 166 valence electrons. The molecule has 0 aliphatic carbocycles. The van der Waals surface area contributed by atoms with Crippen LogP contribution in [0.5, 0.6) is 0 Å². The number of piperidine rings is 1. The average Bonchev–Trinajstić information content (AvgIpc) is 3.23. The van der Waals surface area contributed by atoms with Crippen LogP contribution in [0.25, 0.3) is 0 Å². The molecule has 7 heteroatoms. The molecule has 0 bridgehead atoms. The summed E-state index contributed by atoms with van der Waals surface area (Å²) in [5.41, 5.74) is 1.69. The fourth-order valence-electron chi connectivity index (χ4n) is 4.21. The number of carbonyl (C=O) groups excluding carboxylic acids is 2. The minimum absolute atomic E-state index is 0.123. The number of anilines is 1. The number of likely N-dealkylation sites (tertiary alicyclic amines) is 1. The summed E-state index contributed by atoms with van der Waals surface area (Å²) < 4.78 is 10.5. The molecule has 2 amide bonds. The number of rotatable bonds is 6. The van der Waals surface area contributed by atoms with Gasteiger partial charge in [0.05, 0.1) is 0 Å². The zero-order valence-electron chi connectivity index (χ0n) is 18.1. The molecule has 7 nitrogen and oxygen atoms in total. The highest BCUT2D eigenvalue weighted by Crippen LogP contribution is 2.39. The van der Waals surface area contributed by atoms with Crippen molar-refractivity contribution in [3.63, 3.8) is 0 Å². The molecule has 0 saturated carbocycles. The zero-order valence-corrected chi connectivity index (χ0v) is 18.1. The largest absolute Gasteiger partial charge is 0.445 e. The highest BCUT2D eigenvalue weighted by molar-refractivity contribution is 5.90. The molecular weight excluding hydrogens is 406 g/mol. The summed E-state index contributed by atoms with van der Waals surface area (Å²) in [4.78, 5) is 27.2. The van der Waals surface area contributed by atoms with Crippen molar-refractivity contribution in [2.24, 2.45) is 0 Å². The van der Waals surface area contributed by atoms with Crippen molar-refractivity contribution in [2.75, 3.05) is 18.4 Å². The van der Waals surface area contributed by atoms with Gasteiger partial charge < -0.3 is 19.5 Å². The van der Waals surface area contributed by atoms with Crippen LogP contribution in [-0.2, 0) is 21.6 Å². The van der Waals surface area contributed by atoms with Gasteiger partial charge in [0.1, 0.15) is 12.4 Å². The molecule has 0 spiro atoms. The number of ether oxygens (including phenoxy) is 1. The Morgan fingerprint density at radius 3 is 2.34 bits per heavy atom. The Kier molecular flexibility index (Phi) is 6.54. The third-order valence-electron chi connectivity index (χ3n) is 5.96. The summed E-state index contributed by atoms with van der Waals surface area (Å²) in [6.07, 6.45) is 1.32. The normalized spacial score (nSPS) is 15.2. The van der Waals surface area contributed by atoms with Crippen molar-refractivity contribution in [3.05, 3.63) is 83.6 Å². The molecule has 1 N–H and O–H groups in total. The third kappa shape index (κ3) is 5.17. The van der Waals surface area contributed by atoms with Crippen LogP contribution in [-0.4, -0.2) is 35.1 Å². The third-order valence-corrected chi connectivity index (χ3v) is 5.96. The van der Waals surface area contributed by atoms with Gasteiger partial charge in [0.2, 0.25) is 5.91 Å². The summed E-state index contributed by atoms with van der Waals surface area (Å²) in [5.74, 6) is 0.931. The van der Waals surface area contributed by atoms with Crippen LogP contribution in [0.1, 0.15) is 36.1 Å². The Balaban J connectivity index is 1.41. The molecule has 1 fully saturated rings. The van der Waals surface area contributed by atoms with Crippen LogP contribution in [0.4, 0.5) is 10.6 Å². The number of hydrogen-bond donors (Lipinski definition) is 1. The Morgan fingerprint density at radius 2 is 1.72 bits per heavy atom. The van der Waals surface area contributed by atoms with E-state index in [9.17, 15) is 9.59 Å². The average molecular weight is 434 g/mol. The summed E-state index contributed by atoms with van der Waals surface area (Å²) in [6, 6.07) is 21.4. The fourth-order valence-corrected chi connectivity index (χ4v) is 4.21. The first kappa shape index (κ1) is 21.6. The number of nitrogens with one attached hydrogen (secondary N) is 1. The van der Waals surface area contributed by atoms with Crippen molar-refractivity contribution >= 4 is 17.8 Å². The van der Waals surface area contributed by atoms with Crippen LogP contribution in [0.3, 0.4) is 0 Å². The van der Waals surface area contributed by atoms with E-state index in [0.717, 1.165) is 11.1 Å². The summed E-state index contributed by atoms with van der Waals surface area (Å²) in [7, 11) is 0. The maximum Gasteiger partial charge on any atom is 0.410 e. The SMILES string of the molecule is Cc1cc(NC(=O)CC2(c3ccccc3)CCN(C(=O)OCc3ccccc3)CC2)no1. The van der Waals surface area contributed by atoms with Gasteiger partial charge in [-0.1, -0.05) is 65.8 Å². The van der Waals surface area contributed by atoms with E-state index >= 15 is 0 Å². The lowest BCUT2D eigenvalue weighted by atomic mass is 9.70. The second-order valence-electron chi connectivity index (χ2n) is 8.22. The van der Waals surface area contributed by atoms with E-state index in [0.29, 0.717) is 43.9 Å². The van der Waals surface area contributed by atoms with Gasteiger partial charge in [0.15, 0.2) is 5.82 Å². The molecule has 2 heterocycles. The van der Waals surface area contributed by atoms with E-state index in [1.165, 1.54) is 0 Å². The van der Waals surface area contributed by atoms with Crippen molar-refractivity contribution in [2.45, 2.75) is 38.2 Å². The second-order valence-corrected chi connectivity index (χ2v) is 8.22. The summed E-state index contributed by atoms with van der Waals surface area (Å²) in [5, 5.41) is 6.68. The molecule has 0 atom stereocenters. The molecule has 4 rings (SSSR count). The smallest absolute Gasteiger partial charge is 0.410 e. The topological polar surface area (TPSA) is 84.7 Å². The molecule has 32 heavy (non-hydrogen) atoms. The zero-order chi connectivity index (χ0) is 22.4. The summed E-state index contributed by atoms with van der Waals surface area (Å²) in [6.45, 7) is 3.08. The quantitative estimate of drug-likeness (QED) is 0.610. The number of carbonyl (C=O) groups is 2. The van der Waals surface area contributed by atoms with Crippen molar-refractivity contribution in [1.82, 2.24) is 10.1 Å². The maximum atomic E-state index is 12.8. The molecule has 1 aliphatic rings. The molecular formula is C25H27N3O4. The molecule has 2 aromatic carbocycles. The van der Waals surface area contributed by atoms with Crippen molar-refractivity contribution in [1.29, 1.82) is 0 Å². The van der Waals surface area contributed by atoms with Gasteiger partial charge in [0, 0.05) is 31.0 Å². The van der Waals surface area contributed by atoms with E-state index in [2.05, 4.69) is 22.6 Å². The standard InChI is InChI=1S/C25H27N3O4/c1-19-16-22(27-32-19)26-23(29)17-25(21-10-6-3-7-11-21)12-14-28(15-13-25)24(30)31-18-20-8-4-2-5-9-20/h2-11,16H,12-15,17-18H2,1H3,(H,26,27,29). The van der Waals surface area contributed by atoms with Gasteiger partial charge in [-0.25, -0.2) is 4.79 Å².